The lowest BCUT2D eigenvalue weighted by molar-refractivity contribution is 0.0880. The van der Waals surface area contributed by atoms with Crippen LogP contribution in [0.25, 0.3) is 0 Å². The third-order valence-electron chi connectivity index (χ3n) is 3.21. The van der Waals surface area contributed by atoms with Gasteiger partial charge in [0.1, 0.15) is 10.0 Å². The lowest BCUT2D eigenvalue weighted by Crippen LogP contribution is -2.47. The lowest BCUT2D eigenvalue weighted by atomic mass is 10.1. The molecule has 3 rings (SSSR count). The predicted molar refractivity (Wildman–Crippen MR) is 70.9 cm³/mol. The third-order valence-corrected chi connectivity index (χ3v) is 4.20. The van der Waals surface area contributed by atoms with Crippen molar-refractivity contribution >= 4 is 23.1 Å². The fraction of sp³-hybridized carbons (Fsp3) is 0.545. The van der Waals surface area contributed by atoms with Crippen molar-refractivity contribution in [2.75, 3.05) is 13.1 Å². The lowest BCUT2D eigenvalue weighted by Gasteiger charge is -2.39. The summed E-state index contributed by atoms with van der Waals surface area (Å²) in [4.78, 5) is 2.31. The van der Waals surface area contributed by atoms with E-state index in [-0.39, 0.29) is 0 Å². The van der Waals surface area contributed by atoms with Gasteiger partial charge >= 0.3 is 0 Å². The molecular formula is C11H14ClN5S. The van der Waals surface area contributed by atoms with Crippen molar-refractivity contribution in [2.45, 2.75) is 26.4 Å². The summed E-state index contributed by atoms with van der Waals surface area (Å²) in [7, 11) is 0. The molecule has 0 radical (unpaired) electrons. The van der Waals surface area contributed by atoms with Crippen molar-refractivity contribution in [3.63, 3.8) is 0 Å². The van der Waals surface area contributed by atoms with Crippen molar-refractivity contribution in [3.05, 3.63) is 27.5 Å². The molecule has 7 heteroatoms. The SMILES string of the molecule is Cc1cc(C)n(C2CN(Cc3nnsc3Cl)C2)n1. The first-order valence-electron chi connectivity index (χ1n) is 5.85. The number of hydrogen-bond donors (Lipinski definition) is 0. The molecule has 1 fully saturated rings. The predicted octanol–water partition coefficient (Wildman–Crippen LogP) is 2.06. The first kappa shape index (κ1) is 12.1. The van der Waals surface area contributed by atoms with Crippen molar-refractivity contribution < 1.29 is 0 Å². The number of aromatic nitrogens is 4. The quantitative estimate of drug-likeness (QED) is 0.865. The number of likely N-dealkylation sites (tertiary alicyclic amines) is 1. The maximum Gasteiger partial charge on any atom is 0.138 e. The summed E-state index contributed by atoms with van der Waals surface area (Å²) in [5.41, 5.74) is 3.19. The molecule has 1 aliphatic heterocycles. The van der Waals surface area contributed by atoms with Crippen LogP contribution in [-0.2, 0) is 6.54 Å². The molecule has 3 heterocycles. The van der Waals surface area contributed by atoms with Gasteiger partial charge in [0.05, 0.1) is 11.7 Å². The molecule has 5 nitrogen and oxygen atoms in total. The van der Waals surface area contributed by atoms with E-state index in [0.717, 1.165) is 31.0 Å². The minimum atomic E-state index is 0.476. The fourth-order valence-electron chi connectivity index (χ4n) is 2.35. The van der Waals surface area contributed by atoms with Gasteiger partial charge in [-0.1, -0.05) is 16.1 Å². The molecule has 96 valence electrons. The van der Waals surface area contributed by atoms with Gasteiger partial charge < -0.3 is 0 Å². The van der Waals surface area contributed by atoms with Crippen LogP contribution in [0.2, 0.25) is 4.34 Å². The van der Waals surface area contributed by atoms with E-state index in [9.17, 15) is 0 Å². The monoisotopic (exact) mass is 283 g/mol. The largest absolute Gasteiger partial charge is 0.293 e. The Hall–Kier alpha value is -0.980. The molecule has 0 N–H and O–H groups in total. The maximum atomic E-state index is 6.00. The molecule has 0 atom stereocenters. The number of halogens is 1. The van der Waals surface area contributed by atoms with Gasteiger partial charge in [-0.2, -0.15) is 5.10 Å². The van der Waals surface area contributed by atoms with Gasteiger partial charge in [0.2, 0.25) is 0 Å². The molecule has 0 unspecified atom stereocenters. The van der Waals surface area contributed by atoms with Crippen LogP contribution < -0.4 is 0 Å². The Balaban J connectivity index is 1.61. The van der Waals surface area contributed by atoms with Crippen molar-refractivity contribution in [2.24, 2.45) is 0 Å². The summed E-state index contributed by atoms with van der Waals surface area (Å²) >= 11 is 7.24. The molecule has 0 spiro atoms. The first-order valence-corrected chi connectivity index (χ1v) is 7.00. The average molecular weight is 284 g/mol. The van der Waals surface area contributed by atoms with Crippen LogP contribution in [-0.4, -0.2) is 37.4 Å². The fourth-order valence-corrected chi connectivity index (χ4v) is 2.96. The van der Waals surface area contributed by atoms with Gasteiger partial charge in [-0.3, -0.25) is 9.58 Å². The highest BCUT2D eigenvalue weighted by atomic mass is 35.5. The van der Waals surface area contributed by atoms with Crippen LogP contribution in [0.3, 0.4) is 0 Å². The van der Waals surface area contributed by atoms with Gasteiger partial charge in [-0.25, -0.2) is 0 Å². The van der Waals surface area contributed by atoms with E-state index in [2.05, 4.69) is 37.3 Å². The number of aryl methyl sites for hydroxylation is 2. The Bertz CT molecular complexity index is 558. The Morgan fingerprint density at radius 1 is 1.44 bits per heavy atom. The van der Waals surface area contributed by atoms with E-state index in [0.29, 0.717) is 10.4 Å². The Kier molecular flexibility index (Phi) is 3.09. The minimum Gasteiger partial charge on any atom is -0.293 e. The zero-order valence-electron chi connectivity index (χ0n) is 10.3. The molecule has 18 heavy (non-hydrogen) atoms. The van der Waals surface area contributed by atoms with Crippen LogP contribution in [0.4, 0.5) is 0 Å². The van der Waals surface area contributed by atoms with Crippen LogP contribution in [0, 0.1) is 13.8 Å². The van der Waals surface area contributed by atoms with Crippen LogP contribution in [0.5, 0.6) is 0 Å². The molecule has 1 saturated heterocycles. The van der Waals surface area contributed by atoms with Crippen molar-refractivity contribution in [1.29, 1.82) is 0 Å². The molecule has 2 aromatic rings. The standard InChI is InChI=1S/C11H14ClN5S/c1-7-3-8(2)17(14-7)9-4-16(5-9)6-10-11(12)18-15-13-10/h3,9H,4-6H2,1-2H3. The zero-order valence-corrected chi connectivity index (χ0v) is 11.9. The van der Waals surface area contributed by atoms with E-state index in [1.807, 2.05) is 6.92 Å². The van der Waals surface area contributed by atoms with E-state index < -0.39 is 0 Å². The molecule has 0 bridgehead atoms. The van der Waals surface area contributed by atoms with E-state index in [1.54, 1.807) is 0 Å². The summed E-state index contributed by atoms with van der Waals surface area (Å²) < 4.78 is 6.66. The topological polar surface area (TPSA) is 46.8 Å². The molecule has 0 aromatic carbocycles. The first-order chi connectivity index (χ1) is 8.63. The molecule has 0 saturated carbocycles. The number of nitrogens with zero attached hydrogens (tertiary/aromatic N) is 5. The highest BCUT2D eigenvalue weighted by molar-refractivity contribution is 7.10. The third kappa shape index (κ3) is 2.15. The summed E-state index contributed by atoms with van der Waals surface area (Å²) in [5, 5.41) is 8.55. The van der Waals surface area contributed by atoms with E-state index in [1.165, 1.54) is 17.2 Å². The van der Waals surface area contributed by atoms with Gasteiger partial charge in [0.25, 0.3) is 0 Å². The highest BCUT2D eigenvalue weighted by Gasteiger charge is 2.30. The Morgan fingerprint density at radius 3 is 2.78 bits per heavy atom. The van der Waals surface area contributed by atoms with E-state index in [4.69, 9.17) is 11.6 Å². The zero-order chi connectivity index (χ0) is 12.7. The smallest absolute Gasteiger partial charge is 0.138 e. The van der Waals surface area contributed by atoms with E-state index >= 15 is 0 Å². The number of hydrogen-bond acceptors (Lipinski definition) is 5. The van der Waals surface area contributed by atoms with Crippen LogP contribution in [0.1, 0.15) is 23.1 Å². The second-order valence-electron chi connectivity index (χ2n) is 4.71. The minimum absolute atomic E-state index is 0.476. The summed E-state index contributed by atoms with van der Waals surface area (Å²) in [6.07, 6.45) is 0. The van der Waals surface area contributed by atoms with Crippen molar-refractivity contribution in [1.82, 2.24) is 24.3 Å². The Labute approximate surface area is 115 Å². The molecule has 2 aromatic heterocycles. The Morgan fingerprint density at radius 2 is 2.22 bits per heavy atom. The van der Waals surface area contributed by atoms with Crippen LogP contribution >= 0.6 is 23.1 Å². The summed E-state index contributed by atoms with van der Waals surface area (Å²) in [5.74, 6) is 0. The van der Waals surface area contributed by atoms with Gasteiger partial charge in [-0.15, -0.1) is 5.10 Å². The van der Waals surface area contributed by atoms with Crippen LogP contribution in [0.15, 0.2) is 6.07 Å². The molecule has 0 amide bonds. The maximum absolute atomic E-state index is 6.00. The van der Waals surface area contributed by atoms with Gasteiger partial charge in [0.15, 0.2) is 0 Å². The second-order valence-corrected chi connectivity index (χ2v) is 6.07. The molecule has 0 aliphatic carbocycles. The second kappa shape index (κ2) is 4.60. The molecule has 1 aliphatic rings. The van der Waals surface area contributed by atoms with Crippen molar-refractivity contribution in [3.8, 4) is 0 Å². The highest BCUT2D eigenvalue weighted by Crippen LogP contribution is 2.26. The molecular weight excluding hydrogens is 270 g/mol. The summed E-state index contributed by atoms with van der Waals surface area (Å²) in [6, 6.07) is 2.59. The average Bonchev–Trinajstić information content (AvgIpc) is 2.79. The van der Waals surface area contributed by atoms with Gasteiger partial charge in [0, 0.05) is 36.9 Å². The van der Waals surface area contributed by atoms with Gasteiger partial charge in [-0.05, 0) is 19.9 Å². The normalized spacial score (nSPS) is 17.1. The summed E-state index contributed by atoms with van der Waals surface area (Å²) in [6.45, 7) is 6.90. The number of rotatable bonds is 3.